The molecule has 0 saturated heterocycles. The van der Waals surface area contributed by atoms with E-state index in [1.807, 2.05) is 0 Å². The summed E-state index contributed by atoms with van der Waals surface area (Å²) in [5.74, 6) is -0.911. The van der Waals surface area contributed by atoms with E-state index in [1.165, 1.54) is 11.1 Å². The summed E-state index contributed by atoms with van der Waals surface area (Å²) < 4.78 is 0. The summed E-state index contributed by atoms with van der Waals surface area (Å²) in [5, 5.41) is 11.8. The number of aryl methyl sites for hydroxylation is 2. The zero-order valence-corrected chi connectivity index (χ0v) is 10.4. The van der Waals surface area contributed by atoms with Crippen LogP contribution in [-0.4, -0.2) is 17.6 Å². The topological polar surface area (TPSA) is 49.3 Å². The molecule has 0 atom stereocenters. The molecule has 0 saturated carbocycles. The fourth-order valence-corrected chi connectivity index (χ4v) is 1.79. The number of carboxylic acids is 1. The first-order valence-corrected chi connectivity index (χ1v) is 5.93. The molecule has 2 N–H and O–H groups in total. The van der Waals surface area contributed by atoms with Crippen LogP contribution in [0.2, 0.25) is 0 Å². The van der Waals surface area contributed by atoms with E-state index in [0.717, 1.165) is 24.6 Å². The molecule has 92 valence electrons. The summed E-state index contributed by atoms with van der Waals surface area (Å²) in [6.07, 6.45) is 4.72. The van der Waals surface area contributed by atoms with Gasteiger partial charge in [-0.1, -0.05) is 38.1 Å². The number of aliphatic carboxylic acids is 1. The van der Waals surface area contributed by atoms with Gasteiger partial charge in [-0.25, -0.2) is 4.79 Å². The molecule has 1 rings (SSSR count). The zero-order chi connectivity index (χ0) is 12.7. The van der Waals surface area contributed by atoms with E-state index < -0.39 is 5.97 Å². The highest BCUT2D eigenvalue weighted by atomic mass is 16.4. The molecule has 0 aliphatic carbocycles. The highest BCUT2D eigenvalue weighted by molar-refractivity contribution is 5.79. The van der Waals surface area contributed by atoms with Gasteiger partial charge in [-0.05, 0) is 24.0 Å². The molecular formula is C14H19NO2. The Kier molecular flexibility index (Phi) is 5.27. The minimum atomic E-state index is -0.911. The largest absolute Gasteiger partial charge is 0.478 e. The summed E-state index contributed by atoms with van der Waals surface area (Å²) in [4.78, 5) is 10.3. The average molecular weight is 233 g/mol. The summed E-state index contributed by atoms with van der Waals surface area (Å²) in [7, 11) is 0. The lowest BCUT2D eigenvalue weighted by atomic mass is 10.0. The molecule has 3 nitrogen and oxygen atoms in total. The van der Waals surface area contributed by atoms with Crippen molar-refractivity contribution >= 4 is 11.7 Å². The van der Waals surface area contributed by atoms with Gasteiger partial charge >= 0.3 is 5.97 Å². The lowest BCUT2D eigenvalue weighted by Gasteiger charge is -2.13. The highest BCUT2D eigenvalue weighted by Crippen LogP contribution is 2.22. The van der Waals surface area contributed by atoms with Crippen LogP contribution in [0.25, 0.3) is 0 Å². The number of nitrogens with one attached hydrogen (secondary N) is 1. The third-order valence-electron chi connectivity index (χ3n) is 2.66. The Balaban J connectivity index is 2.77. The van der Waals surface area contributed by atoms with Gasteiger partial charge in [0, 0.05) is 18.3 Å². The molecule has 0 spiro atoms. The average Bonchev–Trinajstić information content (AvgIpc) is 2.34. The van der Waals surface area contributed by atoms with Gasteiger partial charge in [-0.3, -0.25) is 0 Å². The minimum absolute atomic E-state index is 0.538. The van der Waals surface area contributed by atoms with E-state index in [4.69, 9.17) is 5.11 Å². The van der Waals surface area contributed by atoms with Gasteiger partial charge in [0.2, 0.25) is 0 Å². The number of rotatable bonds is 6. The summed E-state index contributed by atoms with van der Waals surface area (Å²) in [6, 6.07) is 6.26. The number of hydrogen-bond acceptors (Lipinski definition) is 2. The number of carbonyl (C=O) groups is 1. The van der Waals surface area contributed by atoms with E-state index in [0.29, 0.717) is 6.54 Å². The van der Waals surface area contributed by atoms with Crippen LogP contribution >= 0.6 is 0 Å². The van der Waals surface area contributed by atoms with E-state index >= 15 is 0 Å². The van der Waals surface area contributed by atoms with Crippen LogP contribution in [0.4, 0.5) is 5.69 Å². The molecule has 0 bridgehead atoms. The Morgan fingerprint density at radius 3 is 2.35 bits per heavy atom. The summed E-state index contributed by atoms with van der Waals surface area (Å²) in [6.45, 7) is 4.77. The lowest BCUT2D eigenvalue weighted by Crippen LogP contribution is -2.05. The Morgan fingerprint density at radius 1 is 1.29 bits per heavy atom. The third-order valence-corrected chi connectivity index (χ3v) is 2.66. The molecule has 0 amide bonds. The predicted octanol–water partition coefficient (Wildman–Crippen LogP) is 2.86. The van der Waals surface area contributed by atoms with Gasteiger partial charge in [0.15, 0.2) is 0 Å². The molecule has 1 aromatic rings. The molecular weight excluding hydrogens is 214 g/mol. The second kappa shape index (κ2) is 6.74. The molecule has 17 heavy (non-hydrogen) atoms. The molecule has 0 aliphatic rings. The molecule has 0 unspecified atom stereocenters. The van der Waals surface area contributed by atoms with Crippen molar-refractivity contribution in [2.45, 2.75) is 26.7 Å². The van der Waals surface area contributed by atoms with Gasteiger partial charge < -0.3 is 10.4 Å². The maximum absolute atomic E-state index is 10.3. The number of benzene rings is 1. The Bertz CT molecular complexity index is 388. The molecule has 0 aliphatic heterocycles. The molecule has 0 fully saturated rings. The van der Waals surface area contributed by atoms with Crippen molar-refractivity contribution in [2.24, 2.45) is 0 Å². The van der Waals surface area contributed by atoms with Crippen molar-refractivity contribution < 1.29 is 9.90 Å². The van der Waals surface area contributed by atoms with Crippen molar-refractivity contribution in [2.75, 3.05) is 11.9 Å². The first-order valence-electron chi connectivity index (χ1n) is 5.93. The Hall–Kier alpha value is -1.77. The normalized spacial score (nSPS) is 10.7. The van der Waals surface area contributed by atoms with E-state index in [-0.39, 0.29) is 0 Å². The quantitative estimate of drug-likeness (QED) is 0.743. The van der Waals surface area contributed by atoms with Crippen LogP contribution in [0.15, 0.2) is 30.4 Å². The van der Waals surface area contributed by atoms with Crippen LogP contribution in [0, 0.1) is 0 Å². The van der Waals surface area contributed by atoms with Gasteiger partial charge in [-0.2, -0.15) is 0 Å². The van der Waals surface area contributed by atoms with Crippen molar-refractivity contribution in [1.29, 1.82) is 0 Å². The van der Waals surface area contributed by atoms with Crippen molar-refractivity contribution in [3.8, 4) is 0 Å². The number of hydrogen-bond donors (Lipinski definition) is 2. The Morgan fingerprint density at radius 2 is 1.88 bits per heavy atom. The molecule has 1 aromatic carbocycles. The lowest BCUT2D eigenvalue weighted by molar-refractivity contribution is -0.131. The maximum atomic E-state index is 10.3. The maximum Gasteiger partial charge on any atom is 0.328 e. The smallest absolute Gasteiger partial charge is 0.328 e. The van der Waals surface area contributed by atoms with Crippen molar-refractivity contribution in [1.82, 2.24) is 0 Å². The first-order chi connectivity index (χ1) is 8.19. The van der Waals surface area contributed by atoms with Crippen LogP contribution in [-0.2, 0) is 17.6 Å². The number of carboxylic acid groups (broad SMARTS) is 1. The van der Waals surface area contributed by atoms with Crippen molar-refractivity contribution in [3.05, 3.63) is 41.5 Å². The fraction of sp³-hybridized carbons (Fsp3) is 0.357. The highest BCUT2D eigenvalue weighted by Gasteiger charge is 2.04. The number of para-hydroxylation sites is 1. The van der Waals surface area contributed by atoms with Crippen molar-refractivity contribution in [3.63, 3.8) is 0 Å². The van der Waals surface area contributed by atoms with E-state index in [1.54, 1.807) is 6.08 Å². The van der Waals surface area contributed by atoms with E-state index in [9.17, 15) is 4.79 Å². The minimum Gasteiger partial charge on any atom is -0.478 e. The monoisotopic (exact) mass is 233 g/mol. The molecule has 3 heteroatoms. The molecule has 0 heterocycles. The van der Waals surface area contributed by atoms with Crippen LogP contribution in [0.5, 0.6) is 0 Å². The third kappa shape index (κ3) is 3.94. The van der Waals surface area contributed by atoms with Crippen LogP contribution in [0.3, 0.4) is 0 Å². The first kappa shape index (κ1) is 13.3. The van der Waals surface area contributed by atoms with Gasteiger partial charge in [0.25, 0.3) is 0 Å². The number of anilines is 1. The van der Waals surface area contributed by atoms with Crippen LogP contribution < -0.4 is 5.32 Å². The molecule has 0 aromatic heterocycles. The zero-order valence-electron chi connectivity index (χ0n) is 10.4. The standard InChI is InChI=1S/C14H19NO2/c1-3-11-7-5-8-12(4-2)14(11)15-10-6-9-13(16)17/h5-9,15H,3-4,10H2,1-2H3,(H,16,17)/b9-6+. The van der Waals surface area contributed by atoms with Gasteiger partial charge in [0.1, 0.15) is 0 Å². The van der Waals surface area contributed by atoms with Crippen LogP contribution in [0.1, 0.15) is 25.0 Å². The Labute approximate surface area is 102 Å². The fourth-order valence-electron chi connectivity index (χ4n) is 1.79. The molecule has 0 radical (unpaired) electrons. The second-order valence-corrected chi connectivity index (χ2v) is 3.78. The van der Waals surface area contributed by atoms with E-state index in [2.05, 4.69) is 37.4 Å². The van der Waals surface area contributed by atoms with Gasteiger partial charge in [-0.15, -0.1) is 0 Å². The second-order valence-electron chi connectivity index (χ2n) is 3.78. The predicted molar refractivity (Wildman–Crippen MR) is 70.5 cm³/mol. The summed E-state index contributed by atoms with van der Waals surface area (Å²) in [5.41, 5.74) is 3.69. The van der Waals surface area contributed by atoms with Gasteiger partial charge in [0.05, 0.1) is 0 Å². The summed E-state index contributed by atoms with van der Waals surface area (Å²) >= 11 is 0. The SMILES string of the molecule is CCc1cccc(CC)c1NC/C=C/C(=O)O.